The van der Waals surface area contributed by atoms with Gasteiger partial charge in [-0.2, -0.15) is 0 Å². The molecule has 0 radical (unpaired) electrons. The summed E-state index contributed by atoms with van der Waals surface area (Å²) < 4.78 is 5.39. The molecule has 0 spiro atoms. The predicted octanol–water partition coefficient (Wildman–Crippen LogP) is 2.70. The SMILES string of the molecule is C[C@H]1CCC(=O)[C@H]2Cc3occ(C(=O)O)c3C[C@@]21C. The van der Waals surface area contributed by atoms with Crippen LogP contribution in [-0.4, -0.2) is 16.9 Å². The largest absolute Gasteiger partial charge is 0.478 e. The Bertz CT molecular complexity index is 556. The second kappa shape index (κ2) is 3.95. The summed E-state index contributed by atoms with van der Waals surface area (Å²) in [4.78, 5) is 23.4. The zero-order chi connectivity index (χ0) is 13.8. The molecule has 2 aliphatic rings. The van der Waals surface area contributed by atoms with E-state index in [1.165, 1.54) is 6.26 Å². The van der Waals surface area contributed by atoms with E-state index in [2.05, 4.69) is 13.8 Å². The molecule has 3 rings (SSSR count). The monoisotopic (exact) mass is 262 g/mol. The third-order valence-corrected chi connectivity index (χ3v) is 5.29. The molecule has 2 aliphatic carbocycles. The van der Waals surface area contributed by atoms with E-state index < -0.39 is 5.97 Å². The number of hydrogen-bond acceptors (Lipinski definition) is 3. The number of carbonyl (C=O) groups is 2. The van der Waals surface area contributed by atoms with Crippen LogP contribution in [0.3, 0.4) is 0 Å². The van der Waals surface area contributed by atoms with Crippen LogP contribution in [0.15, 0.2) is 10.7 Å². The van der Waals surface area contributed by atoms with Crippen molar-refractivity contribution in [1.29, 1.82) is 0 Å². The molecule has 1 saturated carbocycles. The Balaban J connectivity index is 2.07. The van der Waals surface area contributed by atoms with Gasteiger partial charge in [-0.3, -0.25) is 4.79 Å². The number of Topliss-reactive ketones (excluding diaryl/α,β-unsaturated/α-hetero) is 1. The Morgan fingerprint density at radius 2 is 2.26 bits per heavy atom. The molecule has 4 nitrogen and oxygen atoms in total. The highest BCUT2D eigenvalue weighted by atomic mass is 16.4. The molecule has 1 heterocycles. The predicted molar refractivity (Wildman–Crippen MR) is 68.1 cm³/mol. The summed E-state index contributed by atoms with van der Waals surface area (Å²) in [7, 11) is 0. The van der Waals surface area contributed by atoms with Crippen molar-refractivity contribution in [1.82, 2.24) is 0 Å². The van der Waals surface area contributed by atoms with Crippen LogP contribution in [0.5, 0.6) is 0 Å². The molecule has 0 bridgehead atoms. The van der Waals surface area contributed by atoms with Gasteiger partial charge in [-0.1, -0.05) is 13.8 Å². The molecule has 1 N–H and O–H groups in total. The topological polar surface area (TPSA) is 67.5 Å². The summed E-state index contributed by atoms with van der Waals surface area (Å²) in [6.07, 6.45) is 4.06. The number of ketones is 1. The molecule has 0 saturated heterocycles. The normalized spacial score (nSPS) is 33.7. The highest BCUT2D eigenvalue weighted by Gasteiger charge is 2.50. The molecule has 102 valence electrons. The van der Waals surface area contributed by atoms with Gasteiger partial charge in [0.2, 0.25) is 0 Å². The first-order chi connectivity index (χ1) is 8.93. The van der Waals surface area contributed by atoms with E-state index in [1.54, 1.807) is 0 Å². The Morgan fingerprint density at radius 3 is 2.95 bits per heavy atom. The van der Waals surface area contributed by atoms with Crippen molar-refractivity contribution in [2.75, 3.05) is 0 Å². The van der Waals surface area contributed by atoms with Gasteiger partial charge in [-0.25, -0.2) is 4.79 Å². The number of furan rings is 1. The lowest BCUT2D eigenvalue weighted by Gasteiger charge is -2.47. The van der Waals surface area contributed by atoms with Crippen LogP contribution in [0.4, 0.5) is 0 Å². The zero-order valence-electron chi connectivity index (χ0n) is 11.2. The molecule has 0 aromatic carbocycles. The van der Waals surface area contributed by atoms with Gasteiger partial charge < -0.3 is 9.52 Å². The van der Waals surface area contributed by atoms with Crippen LogP contribution in [-0.2, 0) is 17.6 Å². The number of carboxylic acids is 1. The molecule has 19 heavy (non-hydrogen) atoms. The average molecular weight is 262 g/mol. The van der Waals surface area contributed by atoms with E-state index in [9.17, 15) is 14.7 Å². The summed E-state index contributed by atoms with van der Waals surface area (Å²) in [6, 6.07) is 0. The lowest BCUT2D eigenvalue weighted by molar-refractivity contribution is -0.133. The summed E-state index contributed by atoms with van der Waals surface area (Å²) >= 11 is 0. The quantitative estimate of drug-likeness (QED) is 0.845. The fourth-order valence-corrected chi connectivity index (χ4v) is 3.75. The maximum atomic E-state index is 12.2. The van der Waals surface area contributed by atoms with Crippen LogP contribution in [0.2, 0.25) is 0 Å². The van der Waals surface area contributed by atoms with E-state index in [-0.39, 0.29) is 16.9 Å². The van der Waals surface area contributed by atoms with Crippen molar-refractivity contribution >= 4 is 11.8 Å². The van der Waals surface area contributed by atoms with Crippen molar-refractivity contribution in [3.8, 4) is 0 Å². The molecule has 0 unspecified atom stereocenters. The number of rotatable bonds is 1. The smallest absolute Gasteiger partial charge is 0.339 e. The third kappa shape index (κ3) is 1.66. The number of aromatic carboxylic acids is 1. The van der Waals surface area contributed by atoms with E-state index >= 15 is 0 Å². The minimum Gasteiger partial charge on any atom is -0.478 e. The van der Waals surface area contributed by atoms with Gasteiger partial charge in [0.05, 0.1) is 0 Å². The Kier molecular flexibility index (Phi) is 2.59. The highest BCUT2D eigenvalue weighted by Crippen LogP contribution is 2.51. The van der Waals surface area contributed by atoms with Crippen LogP contribution >= 0.6 is 0 Å². The van der Waals surface area contributed by atoms with Gasteiger partial charge in [0.25, 0.3) is 0 Å². The van der Waals surface area contributed by atoms with Gasteiger partial charge in [0, 0.05) is 24.3 Å². The molecule has 4 heteroatoms. The molecule has 3 atom stereocenters. The number of hydrogen-bond donors (Lipinski definition) is 1. The van der Waals surface area contributed by atoms with E-state index in [0.29, 0.717) is 36.7 Å². The minimum atomic E-state index is -0.943. The van der Waals surface area contributed by atoms with E-state index in [0.717, 1.165) is 12.0 Å². The first-order valence-corrected chi connectivity index (χ1v) is 6.78. The lowest BCUT2D eigenvalue weighted by Crippen LogP contribution is -2.48. The van der Waals surface area contributed by atoms with Crippen LogP contribution < -0.4 is 0 Å². The summed E-state index contributed by atoms with van der Waals surface area (Å²) in [5.74, 6) is 0.472. The third-order valence-electron chi connectivity index (χ3n) is 5.29. The first-order valence-electron chi connectivity index (χ1n) is 6.78. The summed E-state index contributed by atoms with van der Waals surface area (Å²) in [6.45, 7) is 4.30. The number of fused-ring (bicyclic) bond motifs is 2. The summed E-state index contributed by atoms with van der Waals surface area (Å²) in [5, 5.41) is 9.20. The molecular weight excluding hydrogens is 244 g/mol. The Labute approximate surface area is 111 Å². The van der Waals surface area contributed by atoms with Gasteiger partial charge in [0.1, 0.15) is 23.4 Å². The molecule has 1 aromatic heterocycles. The van der Waals surface area contributed by atoms with Crippen LogP contribution in [0, 0.1) is 17.3 Å². The number of carbonyl (C=O) groups excluding carboxylic acids is 1. The van der Waals surface area contributed by atoms with Crippen molar-refractivity contribution < 1.29 is 19.1 Å². The second-order valence-corrected chi connectivity index (χ2v) is 6.20. The zero-order valence-corrected chi connectivity index (χ0v) is 11.2. The van der Waals surface area contributed by atoms with E-state index in [4.69, 9.17) is 4.42 Å². The standard InChI is InChI=1S/C15H18O4/c1-8-3-4-12(16)11-5-13-9(6-15(8,11)2)10(7-19-13)14(17)18/h7-8,11H,3-6H2,1-2H3,(H,17,18)/t8-,11+,15+/m0/s1. The first kappa shape index (κ1) is 12.5. The summed E-state index contributed by atoms with van der Waals surface area (Å²) in [5.41, 5.74) is 0.934. The molecule has 1 fully saturated rings. The average Bonchev–Trinajstić information content (AvgIpc) is 2.75. The molecule has 1 aromatic rings. The van der Waals surface area contributed by atoms with Gasteiger partial charge in [0.15, 0.2) is 0 Å². The van der Waals surface area contributed by atoms with E-state index in [1.807, 2.05) is 0 Å². The maximum Gasteiger partial charge on any atom is 0.339 e. The fourth-order valence-electron chi connectivity index (χ4n) is 3.75. The lowest BCUT2D eigenvalue weighted by atomic mass is 9.55. The van der Waals surface area contributed by atoms with Crippen molar-refractivity contribution in [2.24, 2.45) is 17.3 Å². The second-order valence-electron chi connectivity index (χ2n) is 6.20. The van der Waals surface area contributed by atoms with Crippen molar-refractivity contribution in [2.45, 2.75) is 39.5 Å². The van der Waals surface area contributed by atoms with Gasteiger partial charge >= 0.3 is 5.97 Å². The van der Waals surface area contributed by atoms with Crippen molar-refractivity contribution in [3.63, 3.8) is 0 Å². The minimum absolute atomic E-state index is 0.0171. The highest BCUT2D eigenvalue weighted by molar-refractivity contribution is 5.90. The van der Waals surface area contributed by atoms with Crippen molar-refractivity contribution in [3.05, 3.63) is 23.2 Å². The Morgan fingerprint density at radius 1 is 1.53 bits per heavy atom. The fraction of sp³-hybridized carbons (Fsp3) is 0.600. The van der Waals surface area contributed by atoms with Gasteiger partial charge in [-0.15, -0.1) is 0 Å². The molecule has 0 amide bonds. The van der Waals surface area contributed by atoms with Crippen LogP contribution in [0.1, 0.15) is 48.4 Å². The maximum absolute atomic E-state index is 12.2. The number of carboxylic acid groups (broad SMARTS) is 1. The molecular formula is C15H18O4. The van der Waals surface area contributed by atoms with Gasteiger partial charge in [-0.05, 0) is 24.2 Å². The van der Waals surface area contributed by atoms with Crippen LogP contribution in [0.25, 0.3) is 0 Å². The molecule has 0 aliphatic heterocycles. The Hall–Kier alpha value is -1.58.